The topological polar surface area (TPSA) is 38.0 Å². The Kier molecular flexibility index (Phi) is 4.74. The van der Waals surface area contributed by atoms with Gasteiger partial charge in [-0.2, -0.15) is 0 Å². The van der Waals surface area contributed by atoms with Gasteiger partial charge in [-0.05, 0) is 26.2 Å². The van der Waals surface area contributed by atoms with Crippen LogP contribution in [0.15, 0.2) is 0 Å². The molecule has 78 valence electrons. The maximum absolute atomic E-state index is 6.06. The van der Waals surface area contributed by atoms with Gasteiger partial charge >= 0.3 is 0 Å². The third kappa shape index (κ3) is 3.65. The van der Waals surface area contributed by atoms with Crippen molar-refractivity contribution in [2.24, 2.45) is 5.73 Å². The Labute approximate surface area is 82.3 Å². The second-order valence-corrected chi connectivity index (χ2v) is 4.41. The molecule has 1 aliphatic carbocycles. The van der Waals surface area contributed by atoms with Crippen LogP contribution in [-0.4, -0.2) is 18.1 Å². The van der Waals surface area contributed by atoms with Crippen molar-refractivity contribution in [1.29, 1.82) is 0 Å². The number of hydrogen-bond acceptors (Lipinski definition) is 2. The van der Waals surface area contributed by atoms with E-state index in [9.17, 15) is 0 Å². The van der Waals surface area contributed by atoms with Gasteiger partial charge < -0.3 is 11.1 Å². The Hall–Kier alpha value is -0.0800. The van der Waals surface area contributed by atoms with Crippen LogP contribution in [0.5, 0.6) is 0 Å². The third-order valence-electron chi connectivity index (χ3n) is 3.04. The smallest absolute Gasteiger partial charge is 0.0221 e. The molecule has 0 heterocycles. The van der Waals surface area contributed by atoms with Gasteiger partial charge in [0.05, 0.1) is 0 Å². The first-order chi connectivity index (χ1) is 6.24. The Morgan fingerprint density at radius 1 is 1.38 bits per heavy atom. The third-order valence-corrected chi connectivity index (χ3v) is 3.04. The van der Waals surface area contributed by atoms with Crippen molar-refractivity contribution in [2.75, 3.05) is 0 Å². The number of nitrogens with one attached hydrogen (secondary N) is 1. The van der Waals surface area contributed by atoms with E-state index in [2.05, 4.69) is 19.2 Å². The second-order valence-electron chi connectivity index (χ2n) is 4.41. The molecule has 1 aliphatic rings. The lowest BCUT2D eigenvalue weighted by atomic mass is 9.90. The molecule has 0 aromatic carbocycles. The minimum Gasteiger partial charge on any atom is -0.326 e. The van der Waals surface area contributed by atoms with E-state index in [1.807, 2.05) is 0 Å². The molecular weight excluding hydrogens is 160 g/mol. The predicted molar refractivity (Wildman–Crippen MR) is 57.7 cm³/mol. The predicted octanol–water partition coefficient (Wildman–Crippen LogP) is 2.03. The van der Waals surface area contributed by atoms with Crippen molar-refractivity contribution in [3.05, 3.63) is 0 Å². The van der Waals surface area contributed by atoms with E-state index in [4.69, 9.17) is 5.73 Å². The molecule has 13 heavy (non-hydrogen) atoms. The molecule has 0 aliphatic heterocycles. The van der Waals surface area contributed by atoms with E-state index in [0.717, 1.165) is 0 Å². The fourth-order valence-corrected chi connectivity index (χ4v) is 2.25. The molecule has 0 aromatic heterocycles. The Bertz CT molecular complexity index is 136. The highest BCUT2D eigenvalue weighted by atomic mass is 15.0. The van der Waals surface area contributed by atoms with Gasteiger partial charge in [0, 0.05) is 18.1 Å². The zero-order valence-electron chi connectivity index (χ0n) is 9.05. The molecule has 3 N–H and O–H groups in total. The van der Waals surface area contributed by atoms with E-state index in [-0.39, 0.29) is 0 Å². The highest BCUT2D eigenvalue weighted by Gasteiger charge is 2.22. The van der Waals surface area contributed by atoms with Crippen molar-refractivity contribution in [2.45, 2.75) is 70.5 Å². The SMILES string of the molecule is CCCC(C)N[C@@H]1CCCC[C@H]1N. The minimum atomic E-state index is 0.396. The zero-order valence-corrected chi connectivity index (χ0v) is 9.05. The summed E-state index contributed by atoms with van der Waals surface area (Å²) < 4.78 is 0. The molecule has 0 aromatic rings. The summed E-state index contributed by atoms with van der Waals surface area (Å²) in [6.07, 6.45) is 7.68. The molecule has 0 bridgehead atoms. The van der Waals surface area contributed by atoms with Gasteiger partial charge in [0.25, 0.3) is 0 Å². The van der Waals surface area contributed by atoms with E-state index >= 15 is 0 Å². The normalized spacial score (nSPS) is 31.6. The minimum absolute atomic E-state index is 0.396. The van der Waals surface area contributed by atoms with E-state index in [0.29, 0.717) is 18.1 Å². The molecule has 0 radical (unpaired) electrons. The lowest BCUT2D eigenvalue weighted by Crippen LogP contribution is -2.50. The molecule has 2 heteroatoms. The lowest BCUT2D eigenvalue weighted by Gasteiger charge is -2.32. The van der Waals surface area contributed by atoms with Crippen molar-refractivity contribution in [3.63, 3.8) is 0 Å². The summed E-state index contributed by atoms with van der Waals surface area (Å²) in [5.74, 6) is 0. The second kappa shape index (κ2) is 5.61. The maximum Gasteiger partial charge on any atom is 0.0221 e. The molecule has 1 saturated carbocycles. The van der Waals surface area contributed by atoms with Crippen molar-refractivity contribution < 1.29 is 0 Å². The van der Waals surface area contributed by atoms with Crippen LogP contribution in [0.1, 0.15) is 52.4 Å². The fraction of sp³-hybridized carbons (Fsp3) is 1.00. The van der Waals surface area contributed by atoms with Crippen molar-refractivity contribution in [3.8, 4) is 0 Å². The van der Waals surface area contributed by atoms with E-state index in [1.54, 1.807) is 0 Å². The molecule has 1 unspecified atom stereocenters. The quantitative estimate of drug-likeness (QED) is 0.701. The number of rotatable bonds is 4. The first kappa shape index (κ1) is 11.0. The van der Waals surface area contributed by atoms with Gasteiger partial charge in [0.1, 0.15) is 0 Å². The molecule has 3 atom stereocenters. The Balaban J connectivity index is 2.25. The summed E-state index contributed by atoms with van der Waals surface area (Å²) in [4.78, 5) is 0. The molecule has 1 fully saturated rings. The first-order valence-corrected chi connectivity index (χ1v) is 5.75. The molecule has 0 spiro atoms. The average molecular weight is 184 g/mol. The molecule has 2 nitrogen and oxygen atoms in total. The van der Waals surface area contributed by atoms with E-state index < -0.39 is 0 Å². The summed E-state index contributed by atoms with van der Waals surface area (Å²) in [6.45, 7) is 4.50. The maximum atomic E-state index is 6.06. The molecule has 0 amide bonds. The van der Waals surface area contributed by atoms with Gasteiger partial charge in [-0.1, -0.05) is 26.2 Å². The van der Waals surface area contributed by atoms with Crippen LogP contribution >= 0.6 is 0 Å². The van der Waals surface area contributed by atoms with Crippen molar-refractivity contribution in [1.82, 2.24) is 5.32 Å². The summed E-state index contributed by atoms with van der Waals surface area (Å²) in [6, 6.07) is 1.61. The fourth-order valence-electron chi connectivity index (χ4n) is 2.25. The Morgan fingerprint density at radius 3 is 2.69 bits per heavy atom. The standard InChI is InChI=1S/C11H24N2/c1-3-6-9(2)13-11-8-5-4-7-10(11)12/h9-11,13H,3-8,12H2,1-2H3/t9?,10-,11-/m1/s1. The number of nitrogens with two attached hydrogens (primary N) is 1. The highest BCUT2D eigenvalue weighted by Crippen LogP contribution is 2.17. The zero-order chi connectivity index (χ0) is 9.68. The molecule has 1 rings (SSSR count). The first-order valence-electron chi connectivity index (χ1n) is 5.75. The van der Waals surface area contributed by atoms with Crippen LogP contribution in [0.4, 0.5) is 0 Å². The molecule has 0 saturated heterocycles. The van der Waals surface area contributed by atoms with Gasteiger partial charge in [0.2, 0.25) is 0 Å². The monoisotopic (exact) mass is 184 g/mol. The van der Waals surface area contributed by atoms with Crippen molar-refractivity contribution >= 4 is 0 Å². The van der Waals surface area contributed by atoms with Gasteiger partial charge in [-0.3, -0.25) is 0 Å². The van der Waals surface area contributed by atoms with Gasteiger partial charge in [-0.25, -0.2) is 0 Å². The summed E-state index contributed by atoms with van der Waals surface area (Å²) in [7, 11) is 0. The summed E-state index contributed by atoms with van der Waals surface area (Å²) in [5.41, 5.74) is 6.06. The van der Waals surface area contributed by atoms with E-state index in [1.165, 1.54) is 38.5 Å². The average Bonchev–Trinajstić information content (AvgIpc) is 2.09. The highest BCUT2D eigenvalue weighted by molar-refractivity contribution is 4.85. The van der Waals surface area contributed by atoms with Crippen LogP contribution in [-0.2, 0) is 0 Å². The van der Waals surface area contributed by atoms with Crippen LogP contribution < -0.4 is 11.1 Å². The summed E-state index contributed by atoms with van der Waals surface area (Å²) in [5, 5.41) is 3.64. The van der Waals surface area contributed by atoms with Crippen LogP contribution in [0.3, 0.4) is 0 Å². The Morgan fingerprint density at radius 2 is 2.08 bits per heavy atom. The van der Waals surface area contributed by atoms with Gasteiger partial charge in [-0.15, -0.1) is 0 Å². The van der Waals surface area contributed by atoms with Crippen LogP contribution in [0, 0.1) is 0 Å². The molecular formula is C11H24N2. The summed E-state index contributed by atoms with van der Waals surface area (Å²) >= 11 is 0. The van der Waals surface area contributed by atoms with Crippen LogP contribution in [0.25, 0.3) is 0 Å². The lowest BCUT2D eigenvalue weighted by molar-refractivity contribution is 0.299. The van der Waals surface area contributed by atoms with Gasteiger partial charge in [0.15, 0.2) is 0 Å². The largest absolute Gasteiger partial charge is 0.326 e. The van der Waals surface area contributed by atoms with Crippen LogP contribution in [0.2, 0.25) is 0 Å². The number of hydrogen-bond donors (Lipinski definition) is 2.